The molecular weight excluding hydrogens is 486 g/mol. The number of hydrogen-bond donors (Lipinski definition) is 2. The molecule has 2 fully saturated rings. The first-order valence-corrected chi connectivity index (χ1v) is 14.2. The monoisotopic (exact) mass is 525 g/mol. The average molecular weight is 526 g/mol. The van der Waals surface area contributed by atoms with Gasteiger partial charge in [-0.15, -0.1) is 8.61 Å². The fourth-order valence-corrected chi connectivity index (χ4v) is 7.12. The Morgan fingerprint density at radius 3 is 2.57 bits per heavy atom. The van der Waals surface area contributed by atoms with E-state index in [1.165, 1.54) is 0 Å². The molecule has 2 N–H and O–H groups in total. The molecule has 0 aliphatic carbocycles. The second kappa shape index (κ2) is 12.3. The minimum absolute atomic E-state index is 0.00624. The highest BCUT2D eigenvalue weighted by molar-refractivity contribution is 7.86. The van der Waals surface area contributed by atoms with Gasteiger partial charge < -0.3 is 14.8 Å². The molecule has 200 valence electrons. The van der Waals surface area contributed by atoms with Gasteiger partial charge in [0.05, 0.1) is 37.2 Å². The maximum absolute atomic E-state index is 13.5. The predicted molar refractivity (Wildman–Crippen MR) is 147 cm³/mol. The van der Waals surface area contributed by atoms with Crippen LogP contribution >= 0.6 is 0 Å². The smallest absolute Gasteiger partial charge is 0.149 e. The number of anilines is 1. The summed E-state index contributed by atoms with van der Waals surface area (Å²) in [6.45, 7) is 9.91. The third-order valence-corrected chi connectivity index (χ3v) is 9.20. The van der Waals surface area contributed by atoms with Crippen LogP contribution in [0.15, 0.2) is 29.4 Å². The van der Waals surface area contributed by atoms with Gasteiger partial charge in [0.25, 0.3) is 0 Å². The molecule has 2 aromatic heterocycles. The molecule has 4 rings (SSSR count). The summed E-state index contributed by atoms with van der Waals surface area (Å²) >= 11 is -1.21. The Labute approximate surface area is 223 Å². The number of amidine groups is 1. The van der Waals surface area contributed by atoms with Crippen molar-refractivity contribution in [3.8, 4) is 6.07 Å². The predicted octanol–water partition coefficient (Wildman–Crippen LogP) is 3.23. The SMILES string of the molecule is CCC1CC(N(C)C(=NCNc2cc(C)[nH]n2)c2cccnc2C)CC(CC)N1[S+]([O-])N1CC(C#N)C1. The van der Waals surface area contributed by atoms with Gasteiger partial charge in [-0.05, 0) is 51.7 Å². The van der Waals surface area contributed by atoms with Crippen LogP contribution in [0.2, 0.25) is 0 Å². The normalized spacial score (nSPS) is 24.4. The standard InChI is InChI=1S/C26H39N9OS/c1-6-21-12-23(13-22(7-2)35(21)37(36)34-15-20(14-27)16-34)33(5)26(24-9-8-10-28-19(24)4)30-17-29-25-11-18(3)31-32-25/h8-11,20-23H,6-7,12-13,15-17H2,1-5H3,(H2,29,31,32). The quantitative estimate of drug-likeness (QED) is 0.291. The maximum atomic E-state index is 13.5. The zero-order chi connectivity index (χ0) is 26.5. The first-order valence-electron chi connectivity index (χ1n) is 13.2. The molecule has 37 heavy (non-hydrogen) atoms. The second-order valence-electron chi connectivity index (χ2n) is 10.0. The largest absolute Gasteiger partial charge is 0.578 e. The Kier molecular flexibility index (Phi) is 9.08. The van der Waals surface area contributed by atoms with E-state index in [2.05, 4.69) is 62.7 Å². The summed E-state index contributed by atoms with van der Waals surface area (Å²) in [7, 11) is 2.12. The van der Waals surface area contributed by atoms with Crippen molar-refractivity contribution in [2.45, 2.75) is 71.5 Å². The van der Waals surface area contributed by atoms with Crippen molar-refractivity contribution in [2.75, 3.05) is 32.1 Å². The molecule has 0 amide bonds. The first kappa shape index (κ1) is 27.4. The van der Waals surface area contributed by atoms with Gasteiger partial charge in [-0.25, -0.2) is 4.99 Å². The molecule has 0 aromatic carbocycles. The summed E-state index contributed by atoms with van der Waals surface area (Å²) in [4.78, 5) is 11.8. The zero-order valence-electron chi connectivity index (χ0n) is 22.5. The van der Waals surface area contributed by atoms with Crippen LogP contribution in [0.25, 0.3) is 0 Å². The first-order chi connectivity index (χ1) is 17.9. The molecule has 10 nitrogen and oxygen atoms in total. The highest BCUT2D eigenvalue weighted by atomic mass is 32.2. The van der Waals surface area contributed by atoms with E-state index in [1.54, 1.807) is 0 Å². The lowest BCUT2D eigenvalue weighted by molar-refractivity contribution is 0.0984. The molecule has 2 aromatic rings. The van der Waals surface area contributed by atoms with E-state index in [0.29, 0.717) is 19.8 Å². The summed E-state index contributed by atoms with van der Waals surface area (Å²) in [5.74, 6) is 1.66. The lowest BCUT2D eigenvalue weighted by Gasteiger charge is -2.49. The van der Waals surface area contributed by atoms with Crippen LogP contribution in [-0.2, 0) is 11.5 Å². The van der Waals surface area contributed by atoms with E-state index in [0.717, 1.165) is 54.3 Å². The van der Waals surface area contributed by atoms with Crippen molar-refractivity contribution in [1.82, 2.24) is 28.7 Å². The molecule has 3 atom stereocenters. The Bertz CT molecular complexity index is 1100. The van der Waals surface area contributed by atoms with Crippen molar-refractivity contribution in [3.05, 3.63) is 41.3 Å². The molecule has 3 unspecified atom stereocenters. The topological polar surface area (TPSA) is 123 Å². The van der Waals surface area contributed by atoms with Crippen LogP contribution in [0, 0.1) is 31.1 Å². The highest BCUT2D eigenvalue weighted by Gasteiger charge is 2.48. The number of aromatic nitrogens is 3. The summed E-state index contributed by atoms with van der Waals surface area (Å²) in [6.07, 6.45) is 5.44. The van der Waals surface area contributed by atoms with Gasteiger partial charge in [0.2, 0.25) is 0 Å². The number of nitriles is 1. The minimum Gasteiger partial charge on any atom is -0.578 e. The molecule has 11 heteroatoms. The maximum Gasteiger partial charge on any atom is 0.149 e. The van der Waals surface area contributed by atoms with Crippen LogP contribution in [0.3, 0.4) is 0 Å². The minimum atomic E-state index is -1.21. The van der Waals surface area contributed by atoms with Crippen LogP contribution in [0.5, 0.6) is 0 Å². The van der Waals surface area contributed by atoms with Crippen molar-refractivity contribution >= 4 is 23.2 Å². The van der Waals surface area contributed by atoms with Gasteiger partial charge in [-0.3, -0.25) is 10.1 Å². The van der Waals surface area contributed by atoms with E-state index >= 15 is 0 Å². The Morgan fingerprint density at radius 2 is 2.00 bits per heavy atom. The fourth-order valence-electron chi connectivity index (χ4n) is 5.26. The third-order valence-electron chi connectivity index (χ3n) is 7.51. The number of aliphatic imine (C=N–C) groups is 1. The second-order valence-corrected chi connectivity index (χ2v) is 11.4. The number of nitrogens with one attached hydrogen (secondary N) is 2. The van der Waals surface area contributed by atoms with Crippen molar-refractivity contribution in [3.63, 3.8) is 0 Å². The zero-order valence-corrected chi connectivity index (χ0v) is 23.3. The lowest BCUT2D eigenvalue weighted by Crippen LogP contribution is -2.63. The Hall–Kier alpha value is -2.65. The summed E-state index contributed by atoms with van der Waals surface area (Å²) in [6, 6.07) is 8.90. The number of H-pyrrole nitrogens is 1. The molecule has 2 aliphatic heterocycles. The van der Waals surface area contributed by atoms with Crippen molar-refractivity contribution in [1.29, 1.82) is 5.26 Å². The van der Waals surface area contributed by atoms with E-state index in [9.17, 15) is 4.55 Å². The van der Waals surface area contributed by atoms with Crippen molar-refractivity contribution in [2.24, 2.45) is 10.9 Å². The van der Waals surface area contributed by atoms with Crippen LogP contribution in [-0.4, -0.2) is 84.0 Å². The molecular formula is C26H39N9OS. The number of aryl methyl sites for hydroxylation is 2. The van der Waals surface area contributed by atoms with Gasteiger partial charge in [-0.2, -0.15) is 10.4 Å². The number of pyridine rings is 1. The van der Waals surface area contributed by atoms with E-state index < -0.39 is 11.5 Å². The number of aromatic amines is 1. The lowest BCUT2D eigenvalue weighted by atomic mass is 9.89. The highest BCUT2D eigenvalue weighted by Crippen LogP contribution is 2.35. The van der Waals surface area contributed by atoms with Crippen LogP contribution in [0.4, 0.5) is 5.82 Å². The number of piperidine rings is 1. The Balaban J connectivity index is 1.54. The van der Waals surface area contributed by atoms with Gasteiger partial charge in [0, 0.05) is 42.3 Å². The van der Waals surface area contributed by atoms with Crippen LogP contribution < -0.4 is 5.32 Å². The van der Waals surface area contributed by atoms with E-state index in [1.807, 2.05) is 36.5 Å². The van der Waals surface area contributed by atoms with Gasteiger partial charge >= 0.3 is 0 Å². The van der Waals surface area contributed by atoms with Gasteiger partial charge in [0.1, 0.15) is 29.9 Å². The summed E-state index contributed by atoms with van der Waals surface area (Å²) in [5.41, 5.74) is 2.94. The number of hydrogen-bond acceptors (Lipinski definition) is 8. The molecule has 0 spiro atoms. The fraction of sp³-hybridized carbons (Fsp3) is 0.615. The van der Waals surface area contributed by atoms with Crippen molar-refractivity contribution < 1.29 is 4.55 Å². The molecule has 0 bridgehead atoms. The number of nitrogens with zero attached hydrogens (tertiary/aromatic N) is 7. The summed E-state index contributed by atoms with van der Waals surface area (Å²) < 4.78 is 17.7. The third kappa shape index (κ3) is 6.09. The van der Waals surface area contributed by atoms with E-state index in [4.69, 9.17) is 10.3 Å². The van der Waals surface area contributed by atoms with E-state index in [-0.39, 0.29) is 24.0 Å². The van der Waals surface area contributed by atoms with Gasteiger partial charge in [-0.1, -0.05) is 13.8 Å². The van der Waals surface area contributed by atoms with Gasteiger partial charge in [0.15, 0.2) is 0 Å². The molecule has 2 saturated heterocycles. The molecule has 0 radical (unpaired) electrons. The average Bonchev–Trinajstić information content (AvgIpc) is 3.30. The Morgan fingerprint density at radius 1 is 1.30 bits per heavy atom. The molecule has 4 heterocycles. The van der Waals surface area contributed by atoms with Crippen LogP contribution in [0.1, 0.15) is 56.5 Å². The molecule has 0 saturated carbocycles. The molecule has 2 aliphatic rings. The summed E-state index contributed by atoms with van der Waals surface area (Å²) in [5, 5.41) is 19.6. The number of rotatable bonds is 9.